The summed E-state index contributed by atoms with van der Waals surface area (Å²) in [4.78, 5) is 10.7. The van der Waals surface area contributed by atoms with Crippen LogP contribution in [-0.4, -0.2) is 18.9 Å². The number of hydrogen-bond acceptors (Lipinski definition) is 3. The minimum atomic E-state index is -0.00694. The van der Waals surface area contributed by atoms with Gasteiger partial charge in [0.05, 0.1) is 19.4 Å². The minimum absolute atomic E-state index is 0.00694. The fourth-order valence-corrected chi connectivity index (χ4v) is 0.724. The fraction of sp³-hybridized carbons (Fsp3) is 0.500. The highest BCUT2D eigenvalue weighted by Crippen LogP contribution is 2.09. The molecular formula is C6H9NO2. The summed E-state index contributed by atoms with van der Waals surface area (Å²) in [6.07, 6.45) is 2.21. The molecule has 0 aromatic carbocycles. The van der Waals surface area contributed by atoms with E-state index in [-0.39, 0.29) is 12.3 Å². The second-order valence-electron chi connectivity index (χ2n) is 1.89. The zero-order valence-electron chi connectivity index (χ0n) is 5.09. The van der Waals surface area contributed by atoms with Crippen LogP contribution in [-0.2, 0) is 9.53 Å². The summed E-state index contributed by atoms with van der Waals surface area (Å²) in [5.41, 5.74) is 5.83. The molecule has 0 bridgehead atoms. The number of carbonyl (C=O) groups excluding carboxylic acids is 1. The van der Waals surface area contributed by atoms with Gasteiger partial charge in [0.2, 0.25) is 0 Å². The second kappa shape index (κ2) is 2.64. The maximum Gasteiger partial charge on any atom is 0.175 e. The van der Waals surface area contributed by atoms with E-state index in [0.29, 0.717) is 6.61 Å². The van der Waals surface area contributed by atoms with Crippen LogP contribution in [0.1, 0.15) is 6.42 Å². The molecule has 0 saturated heterocycles. The van der Waals surface area contributed by atoms with Gasteiger partial charge in [0.25, 0.3) is 0 Å². The Morgan fingerprint density at radius 1 is 1.89 bits per heavy atom. The Balaban J connectivity index is 2.51. The first-order valence-corrected chi connectivity index (χ1v) is 2.88. The highest BCUT2D eigenvalue weighted by Gasteiger charge is 2.11. The highest BCUT2D eigenvalue weighted by molar-refractivity contribution is 5.96. The van der Waals surface area contributed by atoms with E-state index >= 15 is 0 Å². The first-order valence-electron chi connectivity index (χ1n) is 2.88. The SMILES string of the molecule is NCC(=O)C1=COCC1. The summed E-state index contributed by atoms with van der Waals surface area (Å²) in [5.74, 6) is -0.00694. The van der Waals surface area contributed by atoms with Crippen LogP contribution in [0.25, 0.3) is 0 Å². The highest BCUT2D eigenvalue weighted by atomic mass is 16.5. The largest absolute Gasteiger partial charge is 0.500 e. The molecule has 0 atom stereocenters. The van der Waals surface area contributed by atoms with Crippen LogP contribution in [0.5, 0.6) is 0 Å². The second-order valence-corrected chi connectivity index (χ2v) is 1.89. The van der Waals surface area contributed by atoms with Crippen LogP contribution in [0.15, 0.2) is 11.8 Å². The zero-order valence-corrected chi connectivity index (χ0v) is 5.09. The average Bonchev–Trinajstić information content (AvgIpc) is 2.37. The molecule has 0 fully saturated rings. The lowest BCUT2D eigenvalue weighted by molar-refractivity contribution is -0.114. The average molecular weight is 127 g/mol. The molecule has 1 aliphatic heterocycles. The van der Waals surface area contributed by atoms with Gasteiger partial charge in [0, 0.05) is 12.0 Å². The lowest BCUT2D eigenvalue weighted by Crippen LogP contribution is -2.14. The van der Waals surface area contributed by atoms with Crippen LogP contribution >= 0.6 is 0 Å². The van der Waals surface area contributed by atoms with Crippen LogP contribution in [0, 0.1) is 0 Å². The molecule has 0 aromatic heterocycles. The fourth-order valence-electron chi connectivity index (χ4n) is 0.724. The van der Waals surface area contributed by atoms with Crippen molar-refractivity contribution in [3.8, 4) is 0 Å². The molecular weight excluding hydrogens is 118 g/mol. The quantitative estimate of drug-likeness (QED) is 0.559. The third kappa shape index (κ3) is 1.29. The molecule has 0 radical (unpaired) electrons. The molecule has 3 nitrogen and oxygen atoms in total. The van der Waals surface area contributed by atoms with E-state index in [1.807, 2.05) is 0 Å². The van der Waals surface area contributed by atoms with E-state index in [1.165, 1.54) is 6.26 Å². The van der Waals surface area contributed by atoms with Gasteiger partial charge in [-0.25, -0.2) is 0 Å². The first-order chi connectivity index (χ1) is 4.34. The number of nitrogens with two attached hydrogens (primary N) is 1. The summed E-state index contributed by atoms with van der Waals surface area (Å²) in [5, 5.41) is 0. The van der Waals surface area contributed by atoms with E-state index in [4.69, 9.17) is 10.5 Å². The van der Waals surface area contributed by atoms with Crippen molar-refractivity contribution in [3.63, 3.8) is 0 Å². The van der Waals surface area contributed by atoms with Gasteiger partial charge in [-0.15, -0.1) is 0 Å². The molecule has 0 aromatic rings. The predicted octanol–water partition coefficient (Wildman–Crippen LogP) is -0.182. The summed E-state index contributed by atoms with van der Waals surface area (Å²) < 4.78 is 4.84. The molecule has 0 amide bonds. The van der Waals surface area contributed by atoms with Crippen LogP contribution in [0.3, 0.4) is 0 Å². The Bertz CT molecular complexity index is 151. The third-order valence-corrected chi connectivity index (χ3v) is 1.26. The standard InChI is InChI=1S/C6H9NO2/c7-3-6(8)5-1-2-9-4-5/h4H,1-3,7H2. The van der Waals surface area contributed by atoms with E-state index in [0.717, 1.165) is 12.0 Å². The molecule has 1 heterocycles. The zero-order chi connectivity index (χ0) is 6.69. The first kappa shape index (κ1) is 6.29. The summed E-state index contributed by atoms with van der Waals surface area (Å²) >= 11 is 0. The van der Waals surface area contributed by atoms with E-state index in [1.54, 1.807) is 0 Å². The topological polar surface area (TPSA) is 52.3 Å². The number of rotatable bonds is 2. The van der Waals surface area contributed by atoms with E-state index in [2.05, 4.69) is 0 Å². The van der Waals surface area contributed by atoms with Crippen LogP contribution in [0.2, 0.25) is 0 Å². The lowest BCUT2D eigenvalue weighted by Gasteiger charge is -1.90. The molecule has 3 heteroatoms. The van der Waals surface area contributed by atoms with Gasteiger partial charge in [0.1, 0.15) is 0 Å². The normalized spacial score (nSPS) is 16.8. The number of carbonyl (C=O) groups is 1. The van der Waals surface area contributed by atoms with Gasteiger partial charge in [0.15, 0.2) is 5.78 Å². The Kier molecular flexibility index (Phi) is 1.85. The third-order valence-electron chi connectivity index (χ3n) is 1.26. The Morgan fingerprint density at radius 3 is 3.11 bits per heavy atom. The van der Waals surface area contributed by atoms with Crippen molar-refractivity contribution in [2.45, 2.75) is 6.42 Å². The Hall–Kier alpha value is -0.830. The molecule has 50 valence electrons. The Labute approximate surface area is 53.5 Å². The van der Waals surface area contributed by atoms with Crippen molar-refractivity contribution in [1.82, 2.24) is 0 Å². The predicted molar refractivity (Wildman–Crippen MR) is 32.7 cm³/mol. The maximum atomic E-state index is 10.7. The molecule has 1 rings (SSSR count). The Morgan fingerprint density at radius 2 is 2.67 bits per heavy atom. The van der Waals surface area contributed by atoms with Crippen molar-refractivity contribution < 1.29 is 9.53 Å². The van der Waals surface area contributed by atoms with E-state index < -0.39 is 0 Å². The molecule has 1 aliphatic rings. The minimum Gasteiger partial charge on any atom is -0.500 e. The van der Waals surface area contributed by atoms with Gasteiger partial charge in [-0.05, 0) is 0 Å². The molecule has 0 spiro atoms. The van der Waals surface area contributed by atoms with Crippen molar-refractivity contribution in [3.05, 3.63) is 11.8 Å². The van der Waals surface area contributed by atoms with Crippen molar-refractivity contribution in [2.75, 3.05) is 13.2 Å². The molecule has 0 unspecified atom stereocenters. The van der Waals surface area contributed by atoms with Gasteiger partial charge < -0.3 is 10.5 Å². The van der Waals surface area contributed by atoms with Crippen molar-refractivity contribution >= 4 is 5.78 Å². The summed E-state index contributed by atoms with van der Waals surface area (Å²) in [7, 11) is 0. The molecule has 9 heavy (non-hydrogen) atoms. The number of hydrogen-bond donors (Lipinski definition) is 1. The molecule has 0 saturated carbocycles. The van der Waals surface area contributed by atoms with Gasteiger partial charge in [-0.2, -0.15) is 0 Å². The molecule has 2 N–H and O–H groups in total. The monoisotopic (exact) mass is 127 g/mol. The maximum absolute atomic E-state index is 10.7. The number of ether oxygens (including phenoxy) is 1. The van der Waals surface area contributed by atoms with Gasteiger partial charge in [-0.3, -0.25) is 4.79 Å². The van der Waals surface area contributed by atoms with Crippen molar-refractivity contribution in [1.29, 1.82) is 0 Å². The smallest absolute Gasteiger partial charge is 0.175 e. The summed E-state index contributed by atoms with van der Waals surface area (Å²) in [6.45, 7) is 0.719. The van der Waals surface area contributed by atoms with Crippen LogP contribution < -0.4 is 5.73 Å². The lowest BCUT2D eigenvalue weighted by atomic mass is 10.1. The van der Waals surface area contributed by atoms with Crippen molar-refractivity contribution in [2.24, 2.45) is 5.73 Å². The van der Waals surface area contributed by atoms with Gasteiger partial charge >= 0.3 is 0 Å². The summed E-state index contributed by atoms with van der Waals surface area (Å²) in [6, 6.07) is 0. The van der Waals surface area contributed by atoms with Gasteiger partial charge in [-0.1, -0.05) is 0 Å². The molecule has 0 aliphatic carbocycles. The van der Waals surface area contributed by atoms with E-state index in [9.17, 15) is 4.79 Å². The van der Waals surface area contributed by atoms with Crippen LogP contribution in [0.4, 0.5) is 0 Å². The number of ketones is 1. The number of Topliss-reactive ketones (excluding diaryl/α,β-unsaturated/α-hetero) is 1.